The minimum absolute atomic E-state index is 0.176. The summed E-state index contributed by atoms with van der Waals surface area (Å²) in [6.45, 7) is 8.14. The molecule has 1 N–H and O–H groups in total. The molecule has 0 aliphatic heterocycles. The third-order valence-electron chi connectivity index (χ3n) is 4.88. The molecule has 2 nitrogen and oxygen atoms in total. The Bertz CT molecular complexity index is 1020. The van der Waals surface area contributed by atoms with Gasteiger partial charge in [0, 0.05) is 18.3 Å². The number of benzene rings is 2. The van der Waals surface area contributed by atoms with Gasteiger partial charge in [-0.05, 0) is 73.2 Å². The molecule has 146 valence electrons. The van der Waals surface area contributed by atoms with Crippen LogP contribution in [-0.4, -0.2) is 12.0 Å². The van der Waals surface area contributed by atoms with Crippen LogP contribution in [0.15, 0.2) is 36.4 Å². The first-order chi connectivity index (χ1) is 13.5. The van der Waals surface area contributed by atoms with Crippen LogP contribution >= 0.6 is 11.3 Å². The van der Waals surface area contributed by atoms with Crippen molar-refractivity contribution >= 4 is 28.7 Å². The van der Waals surface area contributed by atoms with E-state index >= 15 is 0 Å². The van der Waals surface area contributed by atoms with E-state index in [2.05, 4.69) is 36.5 Å². The number of thiazole rings is 1. The van der Waals surface area contributed by atoms with Gasteiger partial charge in [0.25, 0.3) is 0 Å². The van der Waals surface area contributed by atoms with Gasteiger partial charge < -0.3 is 5.32 Å². The zero-order valence-corrected chi connectivity index (χ0v) is 18.0. The summed E-state index contributed by atoms with van der Waals surface area (Å²) in [4.78, 5) is 5.94. The van der Waals surface area contributed by atoms with Gasteiger partial charge in [0.05, 0.1) is 15.6 Å². The Morgan fingerprint density at radius 1 is 1.07 bits per heavy atom. The molecule has 1 heterocycles. The van der Waals surface area contributed by atoms with Gasteiger partial charge in [-0.3, -0.25) is 0 Å². The Labute approximate surface area is 171 Å². The SMILES string of the molecule is CC.CNc1cc(/C=C2/c3ccc(F)cc3CCc3nc(C)sc32)ccc1C. The van der Waals surface area contributed by atoms with Gasteiger partial charge >= 0.3 is 0 Å². The molecule has 0 bridgehead atoms. The lowest BCUT2D eigenvalue weighted by molar-refractivity contribution is 0.625. The van der Waals surface area contributed by atoms with Crippen LogP contribution in [0.3, 0.4) is 0 Å². The highest BCUT2D eigenvalue weighted by atomic mass is 32.1. The van der Waals surface area contributed by atoms with Crippen LogP contribution in [0.1, 0.15) is 51.7 Å². The second kappa shape index (κ2) is 8.70. The van der Waals surface area contributed by atoms with E-state index in [0.29, 0.717) is 0 Å². The van der Waals surface area contributed by atoms with E-state index in [1.807, 2.05) is 33.9 Å². The molecule has 4 rings (SSSR count). The van der Waals surface area contributed by atoms with Crippen molar-refractivity contribution in [1.29, 1.82) is 0 Å². The van der Waals surface area contributed by atoms with Gasteiger partial charge in [-0.25, -0.2) is 9.37 Å². The molecule has 1 aliphatic rings. The molecule has 0 saturated heterocycles. The van der Waals surface area contributed by atoms with Crippen molar-refractivity contribution in [2.75, 3.05) is 12.4 Å². The summed E-state index contributed by atoms with van der Waals surface area (Å²) in [7, 11) is 1.94. The fourth-order valence-electron chi connectivity index (χ4n) is 3.57. The summed E-state index contributed by atoms with van der Waals surface area (Å²) in [5.74, 6) is -0.176. The third-order valence-corrected chi connectivity index (χ3v) is 5.93. The van der Waals surface area contributed by atoms with E-state index < -0.39 is 0 Å². The Morgan fingerprint density at radius 3 is 2.61 bits per heavy atom. The number of rotatable bonds is 2. The van der Waals surface area contributed by atoms with Crippen molar-refractivity contribution in [2.24, 2.45) is 0 Å². The van der Waals surface area contributed by atoms with Crippen molar-refractivity contribution in [3.05, 3.63) is 80.0 Å². The molecule has 1 aromatic heterocycles. The number of fused-ring (bicyclic) bond motifs is 2. The highest BCUT2D eigenvalue weighted by Gasteiger charge is 2.22. The molecule has 0 spiro atoms. The zero-order valence-electron chi connectivity index (χ0n) is 17.2. The molecule has 0 atom stereocenters. The van der Waals surface area contributed by atoms with Crippen molar-refractivity contribution in [3.8, 4) is 0 Å². The van der Waals surface area contributed by atoms with Crippen LogP contribution < -0.4 is 5.32 Å². The molecule has 4 heteroatoms. The lowest BCUT2D eigenvalue weighted by atomic mass is 9.96. The fourth-order valence-corrected chi connectivity index (χ4v) is 4.56. The molecule has 0 saturated carbocycles. The lowest BCUT2D eigenvalue weighted by Crippen LogP contribution is -1.94. The molecule has 0 unspecified atom stereocenters. The molecule has 28 heavy (non-hydrogen) atoms. The van der Waals surface area contributed by atoms with Crippen LogP contribution in [0.5, 0.6) is 0 Å². The Balaban J connectivity index is 0.00000109. The maximum atomic E-state index is 13.8. The Morgan fingerprint density at radius 2 is 1.86 bits per heavy atom. The van der Waals surface area contributed by atoms with E-state index in [0.717, 1.165) is 51.5 Å². The summed E-state index contributed by atoms with van der Waals surface area (Å²) in [6, 6.07) is 11.5. The highest BCUT2D eigenvalue weighted by Crippen LogP contribution is 2.38. The van der Waals surface area contributed by atoms with Crippen molar-refractivity contribution in [1.82, 2.24) is 4.98 Å². The zero-order chi connectivity index (χ0) is 20.3. The van der Waals surface area contributed by atoms with Crippen LogP contribution in [0.4, 0.5) is 10.1 Å². The average Bonchev–Trinajstić information content (AvgIpc) is 3.02. The molecular formula is C24H27FN2S. The normalized spacial score (nSPS) is 13.9. The smallest absolute Gasteiger partial charge is 0.123 e. The summed E-state index contributed by atoms with van der Waals surface area (Å²) in [6.07, 6.45) is 3.87. The molecule has 1 aliphatic carbocycles. The monoisotopic (exact) mass is 394 g/mol. The van der Waals surface area contributed by atoms with E-state index in [9.17, 15) is 4.39 Å². The summed E-state index contributed by atoms with van der Waals surface area (Å²) in [5.41, 5.74) is 7.89. The van der Waals surface area contributed by atoms with E-state index in [-0.39, 0.29) is 5.82 Å². The van der Waals surface area contributed by atoms with Crippen LogP contribution in [-0.2, 0) is 12.8 Å². The van der Waals surface area contributed by atoms with Gasteiger partial charge in [-0.2, -0.15) is 0 Å². The van der Waals surface area contributed by atoms with E-state index in [1.165, 1.54) is 10.4 Å². The Hall–Kier alpha value is -2.46. The first-order valence-electron chi connectivity index (χ1n) is 9.80. The molecule has 0 fully saturated rings. The maximum absolute atomic E-state index is 13.8. The highest BCUT2D eigenvalue weighted by molar-refractivity contribution is 7.13. The van der Waals surface area contributed by atoms with Crippen molar-refractivity contribution < 1.29 is 4.39 Å². The summed E-state index contributed by atoms with van der Waals surface area (Å²) >= 11 is 1.72. The van der Waals surface area contributed by atoms with E-state index in [4.69, 9.17) is 4.98 Å². The third kappa shape index (κ3) is 4.02. The molecular weight excluding hydrogens is 367 g/mol. The second-order valence-corrected chi connectivity index (χ2v) is 7.90. The number of nitrogens with one attached hydrogen (secondary N) is 1. The van der Waals surface area contributed by atoms with Gasteiger partial charge in [0.1, 0.15) is 5.82 Å². The molecule has 0 amide bonds. The van der Waals surface area contributed by atoms with Crippen LogP contribution in [0.2, 0.25) is 0 Å². The molecule has 2 aromatic carbocycles. The van der Waals surface area contributed by atoms with Crippen molar-refractivity contribution in [3.63, 3.8) is 0 Å². The number of halogens is 1. The first-order valence-corrected chi connectivity index (χ1v) is 10.6. The van der Waals surface area contributed by atoms with Gasteiger partial charge in [-0.15, -0.1) is 11.3 Å². The van der Waals surface area contributed by atoms with Crippen LogP contribution in [0, 0.1) is 19.7 Å². The number of anilines is 1. The predicted molar refractivity (Wildman–Crippen MR) is 120 cm³/mol. The lowest BCUT2D eigenvalue weighted by Gasteiger charge is -2.11. The number of aromatic nitrogens is 1. The predicted octanol–water partition coefficient (Wildman–Crippen LogP) is 6.65. The first kappa shape index (κ1) is 20.3. The van der Waals surface area contributed by atoms with Gasteiger partial charge in [0.2, 0.25) is 0 Å². The fraction of sp³-hybridized carbons (Fsp3) is 0.292. The van der Waals surface area contributed by atoms with Gasteiger partial charge in [-0.1, -0.05) is 32.0 Å². The van der Waals surface area contributed by atoms with Crippen molar-refractivity contribution in [2.45, 2.75) is 40.5 Å². The van der Waals surface area contributed by atoms with Gasteiger partial charge in [0.15, 0.2) is 0 Å². The number of hydrogen-bond acceptors (Lipinski definition) is 3. The second-order valence-electron chi connectivity index (χ2n) is 6.69. The number of hydrogen-bond donors (Lipinski definition) is 1. The van der Waals surface area contributed by atoms with Crippen LogP contribution in [0.25, 0.3) is 11.6 Å². The maximum Gasteiger partial charge on any atom is 0.123 e. The largest absolute Gasteiger partial charge is 0.388 e. The molecule has 0 radical (unpaired) electrons. The minimum atomic E-state index is -0.176. The Kier molecular flexibility index (Phi) is 6.30. The molecule has 3 aromatic rings. The minimum Gasteiger partial charge on any atom is -0.388 e. The standard InChI is InChI=1S/C22H21FN2S.C2H6/c1-13-4-5-15(11-21(13)24-3)10-19-18-8-7-17(23)12-16(18)6-9-20-22(19)26-14(2)25-20;1-2/h4-5,7-8,10-12,24H,6,9H2,1-3H3;1-2H3/b19-10-;. The van der Waals surface area contributed by atoms with E-state index in [1.54, 1.807) is 23.5 Å². The quantitative estimate of drug-likeness (QED) is 0.526. The average molecular weight is 395 g/mol. The number of aryl methyl sites for hydroxylation is 4. The topological polar surface area (TPSA) is 24.9 Å². The summed E-state index contributed by atoms with van der Waals surface area (Å²) < 4.78 is 13.8. The summed E-state index contributed by atoms with van der Waals surface area (Å²) in [5, 5.41) is 4.32. The number of nitrogens with zero attached hydrogens (tertiary/aromatic N) is 1.